The fourth-order valence-electron chi connectivity index (χ4n) is 0.928. The normalized spacial score (nSPS) is 9.83. The van der Waals surface area contributed by atoms with Gasteiger partial charge < -0.3 is 20.7 Å². The predicted molar refractivity (Wildman–Crippen MR) is 44.2 cm³/mol. The number of ether oxygens (including phenoxy) is 1. The van der Waals surface area contributed by atoms with E-state index in [-0.39, 0.29) is 23.8 Å². The molecular formula is C8H11NO3. The van der Waals surface area contributed by atoms with Crippen LogP contribution in [0.15, 0.2) is 12.1 Å². The van der Waals surface area contributed by atoms with Crippen molar-refractivity contribution in [1.29, 1.82) is 0 Å². The van der Waals surface area contributed by atoms with Crippen molar-refractivity contribution in [3.63, 3.8) is 0 Å². The Kier molecular flexibility index (Phi) is 2.40. The molecule has 4 nitrogen and oxygen atoms in total. The number of aromatic hydroxyl groups is 2. The molecule has 4 heteroatoms. The van der Waals surface area contributed by atoms with Gasteiger partial charge in [0.1, 0.15) is 5.75 Å². The van der Waals surface area contributed by atoms with Crippen LogP contribution in [0, 0.1) is 0 Å². The number of phenolic OH excluding ortho intramolecular Hbond substituents is 2. The molecule has 1 rings (SSSR count). The van der Waals surface area contributed by atoms with Gasteiger partial charge in [-0.2, -0.15) is 0 Å². The highest BCUT2D eigenvalue weighted by Crippen LogP contribution is 2.32. The van der Waals surface area contributed by atoms with E-state index in [1.165, 1.54) is 19.2 Å². The zero-order chi connectivity index (χ0) is 9.14. The van der Waals surface area contributed by atoms with E-state index in [2.05, 4.69) is 0 Å². The molecular weight excluding hydrogens is 158 g/mol. The van der Waals surface area contributed by atoms with Crippen molar-refractivity contribution in [2.75, 3.05) is 7.11 Å². The zero-order valence-electron chi connectivity index (χ0n) is 6.74. The summed E-state index contributed by atoms with van der Waals surface area (Å²) in [5, 5.41) is 18.5. The van der Waals surface area contributed by atoms with Gasteiger partial charge in [-0.05, 0) is 6.07 Å². The minimum atomic E-state index is -0.0178. The average Bonchev–Trinajstić information content (AvgIpc) is 2.08. The van der Waals surface area contributed by atoms with E-state index in [9.17, 15) is 10.2 Å². The number of phenols is 2. The van der Waals surface area contributed by atoms with E-state index in [4.69, 9.17) is 10.5 Å². The molecule has 0 aliphatic rings. The molecule has 0 spiro atoms. The highest BCUT2D eigenvalue weighted by atomic mass is 16.5. The molecule has 0 aliphatic heterocycles. The van der Waals surface area contributed by atoms with Gasteiger partial charge in [0.25, 0.3) is 0 Å². The summed E-state index contributed by atoms with van der Waals surface area (Å²) >= 11 is 0. The Hall–Kier alpha value is -1.42. The van der Waals surface area contributed by atoms with Crippen LogP contribution in [0.4, 0.5) is 0 Å². The monoisotopic (exact) mass is 169 g/mol. The van der Waals surface area contributed by atoms with Crippen LogP contribution in [0.3, 0.4) is 0 Å². The maximum absolute atomic E-state index is 9.28. The van der Waals surface area contributed by atoms with Crippen LogP contribution >= 0.6 is 0 Å². The summed E-state index contributed by atoms with van der Waals surface area (Å²) in [5.74, 6) is 0.257. The lowest BCUT2D eigenvalue weighted by atomic mass is 10.2. The van der Waals surface area contributed by atoms with Gasteiger partial charge in [-0.1, -0.05) is 0 Å². The van der Waals surface area contributed by atoms with Crippen LogP contribution in [0.5, 0.6) is 17.2 Å². The van der Waals surface area contributed by atoms with Crippen molar-refractivity contribution >= 4 is 0 Å². The Morgan fingerprint density at radius 3 is 2.50 bits per heavy atom. The number of nitrogens with two attached hydrogens (primary N) is 1. The molecule has 12 heavy (non-hydrogen) atoms. The van der Waals surface area contributed by atoms with Gasteiger partial charge in [0.05, 0.1) is 7.11 Å². The highest BCUT2D eigenvalue weighted by molar-refractivity contribution is 5.49. The SMILES string of the molecule is COc1cc(O)c(CN)cc1O. The van der Waals surface area contributed by atoms with Gasteiger partial charge in [-0.15, -0.1) is 0 Å². The van der Waals surface area contributed by atoms with Crippen molar-refractivity contribution in [1.82, 2.24) is 0 Å². The Balaban J connectivity index is 3.16. The van der Waals surface area contributed by atoms with Crippen LogP contribution in [0.25, 0.3) is 0 Å². The summed E-state index contributed by atoms with van der Waals surface area (Å²) in [4.78, 5) is 0. The molecule has 0 amide bonds. The quantitative estimate of drug-likeness (QED) is 0.565. The van der Waals surface area contributed by atoms with E-state index < -0.39 is 0 Å². The van der Waals surface area contributed by atoms with Crippen LogP contribution in [0.2, 0.25) is 0 Å². The van der Waals surface area contributed by atoms with Gasteiger partial charge in [-0.3, -0.25) is 0 Å². The molecule has 1 aromatic rings. The lowest BCUT2D eigenvalue weighted by Gasteiger charge is -2.06. The summed E-state index contributed by atoms with van der Waals surface area (Å²) in [6.07, 6.45) is 0. The molecule has 0 fully saturated rings. The summed E-state index contributed by atoms with van der Waals surface area (Å²) in [7, 11) is 1.41. The number of benzene rings is 1. The molecule has 66 valence electrons. The number of hydrogen-bond donors (Lipinski definition) is 3. The molecule has 0 aromatic heterocycles. The maximum Gasteiger partial charge on any atom is 0.164 e. The van der Waals surface area contributed by atoms with Crippen molar-refractivity contribution in [3.8, 4) is 17.2 Å². The molecule has 0 heterocycles. The second kappa shape index (κ2) is 3.32. The minimum absolute atomic E-state index is 0.0178. The Bertz CT molecular complexity index is 256. The fraction of sp³-hybridized carbons (Fsp3) is 0.250. The van der Waals surface area contributed by atoms with E-state index >= 15 is 0 Å². The van der Waals surface area contributed by atoms with Gasteiger partial charge in [-0.25, -0.2) is 0 Å². The summed E-state index contributed by atoms with van der Waals surface area (Å²) in [6, 6.07) is 2.71. The third kappa shape index (κ3) is 1.43. The van der Waals surface area contributed by atoms with Gasteiger partial charge in [0.2, 0.25) is 0 Å². The van der Waals surface area contributed by atoms with Gasteiger partial charge >= 0.3 is 0 Å². The minimum Gasteiger partial charge on any atom is -0.507 e. The maximum atomic E-state index is 9.28. The fourth-order valence-corrected chi connectivity index (χ4v) is 0.928. The van der Waals surface area contributed by atoms with E-state index in [0.717, 1.165) is 0 Å². The van der Waals surface area contributed by atoms with Crippen molar-refractivity contribution in [2.45, 2.75) is 6.54 Å². The molecule has 0 atom stereocenters. The summed E-state index contributed by atoms with van der Waals surface area (Å²) in [5.41, 5.74) is 5.79. The first-order valence-corrected chi connectivity index (χ1v) is 3.48. The van der Waals surface area contributed by atoms with Crippen molar-refractivity contribution in [3.05, 3.63) is 17.7 Å². The second-order valence-electron chi connectivity index (χ2n) is 2.36. The third-order valence-corrected chi connectivity index (χ3v) is 1.60. The van der Waals surface area contributed by atoms with Crippen LogP contribution < -0.4 is 10.5 Å². The zero-order valence-corrected chi connectivity index (χ0v) is 6.74. The molecule has 4 N–H and O–H groups in total. The standard InChI is InChI=1S/C8H11NO3/c1-12-8-3-6(10)5(4-9)2-7(8)11/h2-3,10-11H,4,9H2,1H3. The number of methoxy groups -OCH3 is 1. The largest absolute Gasteiger partial charge is 0.507 e. The van der Waals surface area contributed by atoms with Gasteiger partial charge in [0, 0.05) is 18.2 Å². The molecule has 0 radical (unpaired) electrons. The first-order chi connectivity index (χ1) is 5.69. The first-order valence-electron chi connectivity index (χ1n) is 3.48. The van der Waals surface area contributed by atoms with E-state index in [1.807, 2.05) is 0 Å². The van der Waals surface area contributed by atoms with Crippen LogP contribution in [-0.2, 0) is 6.54 Å². The molecule has 0 unspecified atom stereocenters. The Morgan fingerprint density at radius 1 is 1.33 bits per heavy atom. The third-order valence-electron chi connectivity index (χ3n) is 1.60. The van der Waals surface area contributed by atoms with Gasteiger partial charge in [0.15, 0.2) is 11.5 Å². The summed E-state index contributed by atoms with van der Waals surface area (Å²) in [6.45, 7) is 0.184. The molecule has 0 aliphatic carbocycles. The Morgan fingerprint density at radius 2 is 2.00 bits per heavy atom. The number of hydrogen-bond acceptors (Lipinski definition) is 4. The smallest absolute Gasteiger partial charge is 0.164 e. The van der Waals surface area contributed by atoms with Crippen molar-refractivity contribution in [2.24, 2.45) is 5.73 Å². The average molecular weight is 169 g/mol. The predicted octanol–water partition coefficient (Wildman–Crippen LogP) is 0.565. The lowest BCUT2D eigenvalue weighted by Crippen LogP contribution is -1.97. The topological polar surface area (TPSA) is 75.7 Å². The van der Waals surface area contributed by atoms with Crippen LogP contribution in [-0.4, -0.2) is 17.3 Å². The highest BCUT2D eigenvalue weighted by Gasteiger charge is 2.06. The Labute approximate surface area is 70.2 Å². The van der Waals surface area contributed by atoms with E-state index in [1.54, 1.807) is 0 Å². The molecule has 0 saturated heterocycles. The lowest BCUT2D eigenvalue weighted by molar-refractivity contribution is 0.367. The number of rotatable bonds is 2. The van der Waals surface area contributed by atoms with E-state index in [0.29, 0.717) is 5.56 Å². The first kappa shape index (κ1) is 8.67. The molecule has 0 bridgehead atoms. The molecule has 0 saturated carbocycles. The van der Waals surface area contributed by atoms with Crippen molar-refractivity contribution < 1.29 is 14.9 Å². The molecule has 1 aromatic carbocycles. The summed E-state index contributed by atoms with van der Waals surface area (Å²) < 4.78 is 4.77. The second-order valence-corrected chi connectivity index (χ2v) is 2.36. The van der Waals surface area contributed by atoms with Crippen LogP contribution in [0.1, 0.15) is 5.56 Å².